The number of rotatable bonds is 2. The molecular weight excluding hydrogens is 291 g/mol. The maximum Gasteiger partial charge on any atom is 0.418 e. The van der Waals surface area contributed by atoms with Crippen molar-refractivity contribution in [3.8, 4) is 16.9 Å². The number of halogens is 3. The number of para-hydroxylation sites is 2. The van der Waals surface area contributed by atoms with Gasteiger partial charge in [-0.2, -0.15) is 13.2 Å². The zero-order valence-electron chi connectivity index (χ0n) is 11.6. The van der Waals surface area contributed by atoms with Crippen molar-refractivity contribution in [1.29, 1.82) is 0 Å². The summed E-state index contributed by atoms with van der Waals surface area (Å²) >= 11 is 0. The van der Waals surface area contributed by atoms with Gasteiger partial charge >= 0.3 is 6.18 Å². The number of aromatic nitrogens is 1. The quantitative estimate of drug-likeness (QED) is 0.683. The zero-order chi connectivity index (χ0) is 15.7. The number of hydrogen-bond donors (Lipinski definition) is 0. The Kier molecular flexibility index (Phi) is 3.48. The molecule has 3 rings (SSSR count). The van der Waals surface area contributed by atoms with Crippen LogP contribution in [0.3, 0.4) is 0 Å². The molecule has 0 bridgehead atoms. The van der Waals surface area contributed by atoms with Crippen LogP contribution in [0.15, 0.2) is 48.7 Å². The highest BCUT2D eigenvalue weighted by Gasteiger charge is 2.33. The molecule has 0 saturated heterocycles. The second-order valence-corrected chi connectivity index (χ2v) is 4.68. The van der Waals surface area contributed by atoms with E-state index in [1.165, 1.54) is 19.4 Å². The molecule has 0 N–H and O–H groups in total. The third kappa shape index (κ3) is 2.39. The molecule has 0 spiro atoms. The van der Waals surface area contributed by atoms with E-state index in [2.05, 4.69) is 11.1 Å². The normalized spacial score (nSPS) is 11.6. The smallest absolute Gasteiger partial charge is 0.418 e. The lowest BCUT2D eigenvalue weighted by atomic mass is 9.98. The summed E-state index contributed by atoms with van der Waals surface area (Å²) in [6.07, 6.45) is -3.19. The third-order valence-electron chi connectivity index (χ3n) is 3.39. The van der Waals surface area contributed by atoms with Gasteiger partial charge in [-0.05, 0) is 12.1 Å². The average Bonchev–Trinajstić information content (AvgIpc) is 2.52. The second kappa shape index (κ2) is 5.33. The maximum atomic E-state index is 13.1. The lowest BCUT2D eigenvalue weighted by Gasteiger charge is -2.13. The van der Waals surface area contributed by atoms with Crippen LogP contribution in [0.4, 0.5) is 13.2 Å². The summed E-state index contributed by atoms with van der Waals surface area (Å²) in [7, 11) is 1.52. The highest BCUT2D eigenvalue weighted by atomic mass is 19.4. The van der Waals surface area contributed by atoms with Gasteiger partial charge in [-0.1, -0.05) is 30.3 Å². The zero-order valence-corrected chi connectivity index (χ0v) is 11.6. The minimum Gasteiger partial charge on any atom is -0.496 e. The molecule has 0 aliphatic heterocycles. The Hall–Kier alpha value is -2.56. The van der Waals surface area contributed by atoms with E-state index < -0.39 is 11.7 Å². The highest BCUT2D eigenvalue weighted by molar-refractivity contribution is 5.97. The topological polar surface area (TPSA) is 22.1 Å². The molecule has 2 nitrogen and oxygen atoms in total. The van der Waals surface area contributed by atoms with Crippen LogP contribution in [0.5, 0.6) is 5.75 Å². The first-order valence-electron chi connectivity index (χ1n) is 6.52. The molecule has 0 fully saturated rings. The van der Waals surface area contributed by atoms with Gasteiger partial charge in [0.05, 0.1) is 18.2 Å². The maximum absolute atomic E-state index is 13.1. The Labute approximate surface area is 125 Å². The van der Waals surface area contributed by atoms with Gasteiger partial charge in [-0.3, -0.25) is 4.98 Å². The lowest BCUT2D eigenvalue weighted by Crippen LogP contribution is -2.06. The van der Waals surface area contributed by atoms with Crippen molar-refractivity contribution in [2.45, 2.75) is 6.18 Å². The van der Waals surface area contributed by atoms with Crippen molar-refractivity contribution in [3.63, 3.8) is 0 Å². The van der Waals surface area contributed by atoms with Gasteiger partial charge in [0.15, 0.2) is 0 Å². The van der Waals surface area contributed by atoms with E-state index in [0.29, 0.717) is 22.3 Å². The van der Waals surface area contributed by atoms with Gasteiger partial charge in [-0.15, -0.1) is 0 Å². The lowest BCUT2D eigenvalue weighted by molar-refractivity contribution is -0.136. The summed E-state index contributed by atoms with van der Waals surface area (Å²) < 4.78 is 44.7. The highest BCUT2D eigenvalue weighted by Crippen LogP contribution is 2.38. The number of hydrogen-bond acceptors (Lipinski definition) is 2. The molecule has 0 saturated carbocycles. The Morgan fingerprint density at radius 2 is 1.82 bits per heavy atom. The van der Waals surface area contributed by atoms with Gasteiger partial charge in [0.2, 0.25) is 0 Å². The fourth-order valence-electron chi connectivity index (χ4n) is 2.43. The average molecular weight is 302 g/mol. The first-order valence-corrected chi connectivity index (χ1v) is 6.52. The molecule has 22 heavy (non-hydrogen) atoms. The Bertz CT molecular complexity index is 827. The monoisotopic (exact) mass is 302 g/mol. The Morgan fingerprint density at radius 1 is 1.05 bits per heavy atom. The van der Waals surface area contributed by atoms with Crippen molar-refractivity contribution in [2.24, 2.45) is 0 Å². The van der Waals surface area contributed by atoms with Crippen molar-refractivity contribution in [3.05, 3.63) is 60.3 Å². The van der Waals surface area contributed by atoms with Crippen LogP contribution in [0.25, 0.3) is 22.0 Å². The van der Waals surface area contributed by atoms with E-state index >= 15 is 0 Å². The molecule has 2 aromatic carbocycles. The minimum absolute atomic E-state index is 0.0883. The molecule has 1 aromatic heterocycles. The van der Waals surface area contributed by atoms with Gasteiger partial charge in [-0.25, -0.2) is 0 Å². The number of nitrogens with zero attached hydrogens (tertiary/aromatic N) is 1. The summed E-state index contributed by atoms with van der Waals surface area (Å²) in [5.74, 6) is 0.573. The van der Waals surface area contributed by atoms with E-state index in [1.807, 2.05) is 0 Å². The molecule has 0 atom stereocenters. The summed E-state index contributed by atoms with van der Waals surface area (Å²) in [6, 6.07) is 14.1. The molecule has 0 aliphatic rings. The standard InChI is InChI=1S/C17H11F3NO/c1-22-15-8-3-2-5-12(15)11-9-10-21-16-13(11)6-4-7-14(16)17(18,19)20/h2-8,10H,1H3. The van der Waals surface area contributed by atoms with E-state index in [9.17, 15) is 13.2 Å². The molecule has 0 aliphatic carbocycles. The van der Waals surface area contributed by atoms with Crippen molar-refractivity contribution < 1.29 is 17.9 Å². The summed E-state index contributed by atoms with van der Waals surface area (Å²) in [6.45, 7) is 0. The van der Waals surface area contributed by atoms with Crippen LogP contribution in [0, 0.1) is 6.07 Å². The molecule has 0 amide bonds. The first kappa shape index (κ1) is 14.4. The van der Waals surface area contributed by atoms with Crippen LogP contribution in [-0.2, 0) is 6.18 Å². The largest absolute Gasteiger partial charge is 0.496 e. The molecule has 1 heterocycles. The van der Waals surface area contributed by atoms with E-state index in [0.717, 1.165) is 6.07 Å². The molecule has 5 heteroatoms. The van der Waals surface area contributed by atoms with Gasteiger partial charge in [0, 0.05) is 28.8 Å². The fraction of sp³-hybridized carbons (Fsp3) is 0.118. The van der Waals surface area contributed by atoms with Crippen molar-refractivity contribution in [2.75, 3.05) is 7.11 Å². The summed E-state index contributed by atoms with van der Waals surface area (Å²) in [4.78, 5) is 3.87. The third-order valence-corrected chi connectivity index (χ3v) is 3.39. The predicted molar refractivity (Wildman–Crippen MR) is 77.6 cm³/mol. The number of methoxy groups -OCH3 is 1. The van der Waals surface area contributed by atoms with Crippen LogP contribution in [-0.4, -0.2) is 12.1 Å². The summed E-state index contributed by atoms with van der Waals surface area (Å²) in [5.41, 5.74) is 0.370. The van der Waals surface area contributed by atoms with E-state index in [1.54, 1.807) is 30.3 Å². The van der Waals surface area contributed by atoms with Gasteiger partial charge < -0.3 is 4.74 Å². The first-order chi connectivity index (χ1) is 10.5. The van der Waals surface area contributed by atoms with Gasteiger partial charge in [0.25, 0.3) is 0 Å². The molecule has 0 unspecified atom stereocenters. The second-order valence-electron chi connectivity index (χ2n) is 4.68. The summed E-state index contributed by atoms with van der Waals surface area (Å²) in [5, 5.41) is 0.391. The van der Waals surface area contributed by atoms with E-state index in [4.69, 9.17) is 4.74 Å². The van der Waals surface area contributed by atoms with E-state index in [-0.39, 0.29) is 5.52 Å². The predicted octanol–water partition coefficient (Wildman–Crippen LogP) is 4.73. The van der Waals surface area contributed by atoms with Crippen LogP contribution >= 0.6 is 0 Å². The van der Waals surface area contributed by atoms with Crippen molar-refractivity contribution in [1.82, 2.24) is 4.98 Å². The Balaban J connectivity index is 2.33. The minimum atomic E-state index is -4.45. The number of benzene rings is 2. The fourth-order valence-corrected chi connectivity index (χ4v) is 2.43. The molecule has 3 aromatic rings. The van der Waals surface area contributed by atoms with Crippen molar-refractivity contribution >= 4 is 10.9 Å². The SMILES string of the molecule is COc1ccccc1-c1[c]cnc2c(C(F)(F)F)cccc12. The Morgan fingerprint density at radius 3 is 2.55 bits per heavy atom. The molecular formula is C17H11F3NO. The molecule has 111 valence electrons. The molecule has 1 radical (unpaired) electrons. The van der Waals surface area contributed by atoms with Crippen LogP contribution in [0.2, 0.25) is 0 Å². The number of ether oxygens (including phenoxy) is 1. The van der Waals surface area contributed by atoms with Crippen LogP contribution in [0.1, 0.15) is 5.56 Å². The van der Waals surface area contributed by atoms with Gasteiger partial charge in [0.1, 0.15) is 5.75 Å². The number of alkyl halides is 3. The van der Waals surface area contributed by atoms with Crippen LogP contribution < -0.4 is 4.74 Å². The number of pyridine rings is 1. The number of fused-ring (bicyclic) bond motifs is 1.